The number of hydrogen-bond donors (Lipinski definition) is 2. The van der Waals surface area contributed by atoms with Crippen LogP contribution in [0, 0.1) is 12.8 Å². The number of nitrogens with zero attached hydrogens (tertiary/aromatic N) is 1. The van der Waals surface area contributed by atoms with E-state index in [0.717, 1.165) is 30.8 Å². The van der Waals surface area contributed by atoms with Gasteiger partial charge in [-0.1, -0.05) is 26.7 Å². The lowest BCUT2D eigenvalue weighted by atomic mass is 10.0. The van der Waals surface area contributed by atoms with Crippen molar-refractivity contribution < 1.29 is 4.79 Å². The molecule has 4 nitrogen and oxygen atoms in total. The molecule has 0 saturated heterocycles. The molecule has 0 aliphatic rings. The number of nitrogens with one attached hydrogen (secondary N) is 2. The maximum Gasteiger partial charge on any atom is 0.254 e. The van der Waals surface area contributed by atoms with Crippen molar-refractivity contribution in [3.8, 4) is 0 Å². The molecular weight excluding hydrogens is 226 g/mol. The van der Waals surface area contributed by atoms with Crippen molar-refractivity contribution in [1.82, 2.24) is 10.3 Å². The summed E-state index contributed by atoms with van der Waals surface area (Å²) in [4.78, 5) is 16.3. The van der Waals surface area contributed by atoms with Crippen LogP contribution >= 0.6 is 0 Å². The molecule has 0 fully saturated rings. The third kappa shape index (κ3) is 3.72. The van der Waals surface area contributed by atoms with E-state index in [0.29, 0.717) is 11.5 Å². The van der Waals surface area contributed by atoms with Crippen LogP contribution in [0.5, 0.6) is 0 Å². The van der Waals surface area contributed by atoms with Gasteiger partial charge in [-0.25, -0.2) is 0 Å². The highest BCUT2D eigenvalue weighted by molar-refractivity contribution is 5.99. The lowest BCUT2D eigenvalue weighted by molar-refractivity contribution is 0.0947. The molecule has 1 aromatic heterocycles. The normalized spacial score (nSPS) is 10.5. The van der Waals surface area contributed by atoms with E-state index in [1.54, 1.807) is 6.20 Å². The first-order chi connectivity index (χ1) is 8.62. The van der Waals surface area contributed by atoms with Gasteiger partial charge in [0.15, 0.2) is 0 Å². The first-order valence-corrected chi connectivity index (χ1v) is 6.54. The third-order valence-electron chi connectivity index (χ3n) is 3.26. The minimum Gasteiger partial charge on any atom is -0.387 e. The Morgan fingerprint density at radius 2 is 2.06 bits per heavy atom. The van der Waals surface area contributed by atoms with E-state index in [2.05, 4.69) is 29.5 Å². The highest BCUT2D eigenvalue weighted by Gasteiger charge is 2.12. The Balaban J connectivity index is 2.72. The average molecular weight is 249 g/mol. The summed E-state index contributed by atoms with van der Waals surface area (Å²) in [7, 11) is 1.81. The summed E-state index contributed by atoms with van der Waals surface area (Å²) in [6.07, 6.45) is 3.80. The predicted molar refractivity (Wildman–Crippen MR) is 74.9 cm³/mol. The highest BCUT2D eigenvalue weighted by Crippen LogP contribution is 2.15. The second-order valence-corrected chi connectivity index (χ2v) is 4.51. The Kier molecular flexibility index (Phi) is 5.62. The Bertz CT molecular complexity index is 400. The zero-order chi connectivity index (χ0) is 13.5. The molecule has 0 radical (unpaired) electrons. The van der Waals surface area contributed by atoms with Crippen LogP contribution in [0.2, 0.25) is 0 Å². The molecular formula is C14H23N3O. The van der Waals surface area contributed by atoms with E-state index < -0.39 is 0 Å². The molecule has 4 heteroatoms. The summed E-state index contributed by atoms with van der Waals surface area (Å²) in [5, 5.41) is 6.01. The van der Waals surface area contributed by atoms with Gasteiger partial charge < -0.3 is 10.6 Å². The number of rotatable bonds is 6. The quantitative estimate of drug-likeness (QED) is 0.814. The molecule has 18 heavy (non-hydrogen) atoms. The van der Waals surface area contributed by atoms with Crippen molar-refractivity contribution in [3.05, 3.63) is 23.5 Å². The van der Waals surface area contributed by atoms with Crippen molar-refractivity contribution in [2.24, 2.45) is 5.92 Å². The first-order valence-electron chi connectivity index (χ1n) is 6.54. The van der Waals surface area contributed by atoms with E-state index in [1.165, 1.54) is 0 Å². The molecule has 0 aromatic carbocycles. The number of pyridine rings is 1. The second-order valence-electron chi connectivity index (χ2n) is 4.51. The minimum atomic E-state index is -0.0567. The van der Waals surface area contributed by atoms with E-state index in [9.17, 15) is 4.79 Å². The molecule has 0 aliphatic carbocycles. The molecule has 0 spiro atoms. The number of anilines is 1. The Labute approximate surface area is 109 Å². The molecule has 0 aliphatic heterocycles. The van der Waals surface area contributed by atoms with Gasteiger partial charge in [-0.15, -0.1) is 0 Å². The predicted octanol–water partition coefficient (Wildman–Crippen LogP) is 2.60. The van der Waals surface area contributed by atoms with Gasteiger partial charge in [0, 0.05) is 25.5 Å². The lowest BCUT2D eigenvalue weighted by Crippen LogP contribution is -2.29. The van der Waals surface area contributed by atoms with Gasteiger partial charge in [-0.2, -0.15) is 0 Å². The van der Waals surface area contributed by atoms with Crippen LogP contribution in [0.25, 0.3) is 0 Å². The summed E-state index contributed by atoms with van der Waals surface area (Å²) in [5.41, 5.74) is 2.33. The van der Waals surface area contributed by atoms with Crippen LogP contribution in [0.15, 0.2) is 12.3 Å². The molecule has 0 saturated carbocycles. The van der Waals surface area contributed by atoms with E-state index in [-0.39, 0.29) is 5.91 Å². The number of carbonyl (C=O) groups is 1. The van der Waals surface area contributed by atoms with Crippen molar-refractivity contribution in [2.45, 2.75) is 33.6 Å². The molecule has 1 aromatic rings. The Morgan fingerprint density at radius 3 is 2.61 bits per heavy atom. The molecule has 2 N–H and O–H groups in total. The zero-order valence-electron chi connectivity index (χ0n) is 11.7. The van der Waals surface area contributed by atoms with Gasteiger partial charge >= 0.3 is 0 Å². The summed E-state index contributed by atoms with van der Waals surface area (Å²) in [5.74, 6) is 0.490. The van der Waals surface area contributed by atoms with E-state index in [4.69, 9.17) is 0 Å². The van der Waals surface area contributed by atoms with Crippen LogP contribution in [0.3, 0.4) is 0 Å². The molecule has 100 valence electrons. The average Bonchev–Trinajstić information content (AvgIpc) is 2.39. The summed E-state index contributed by atoms with van der Waals surface area (Å²) >= 11 is 0. The Morgan fingerprint density at radius 1 is 1.39 bits per heavy atom. The fourth-order valence-corrected chi connectivity index (χ4v) is 1.86. The number of amides is 1. The third-order valence-corrected chi connectivity index (χ3v) is 3.26. The number of carbonyl (C=O) groups excluding carboxylic acids is 1. The van der Waals surface area contributed by atoms with Crippen LogP contribution < -0.4 is 10.6 Å². The molecule has 0 bridgehead atoms. The van der Waals surface area contributed by atoms with Crippen LogP contribution in [-0.2, 0) is 0 Å². The number of hydrogen-bond acceptors (Lipinski definition) is 3. The maximum absolute atomic E-state index is 12.1. The van der Waals surface area contributed by atoms with Gasteiger partial charge in [0.1, 0.15) is 0 Å². The van der Waals surface area contributed by atoms with Crippen LogP contribution in [0.1, 0.15) is 42.7 Å². The topological polar surface area (TPSA) is 54.0 Å². The largest absolute Gasteiger partial charge is 0.387 e. The SMILES string of the molecule is CCC(CC)CNC(=O)c1cnc(C)cc1NC. The molecule has 1 amide bonds. The van der Waals surface area contributed by atoms with Gasteiger partial charge in [0.2, 0.25) is 0 Å². The van der Waals surface area contributed by atoms with Crippen molar-refractivity contribution in [1.29, 1.82) is 0 Å². The molecule has 0 atom stereocenters. The maximum atomic E-state index is 12.1. The monoisotopic (exact) mass is 249 g/mol. The van der Waals surface area contributed by atoms with Crippen molar-refractivity contribution in [2.75, 3.05) is 18.9 Å². The summed E-state index contributed by atoms with van der Waals surface area (Å²) in [6, 6.07) is 1.88. The number of aromatic nitrogens is 1. The van der Waals surface area contributed by atoms with E-state index >= 15 is 0 Å². The van der Waals surface area contributed by atoms with Crippen molar-refractivity contribution in [3.63, 3.8) is 0 Å². The van der Waals surface area contributed by atoms with Crippen molar-refractivity contribution >= 4 is 11.6 Å². The van der Waals surface area contributed by atoms with Gasteiger partial charge in [0.05, 0.1) is 11.3 Å². The molecule has 1 heterocycles. The Hall–Kier alpha value is -1.58. The fourth-order valence-electron chi connectivity index (χ4n) is 1.86. The first kappa shape index (κ1) is 14.5. The highest BCUT2D eigenvalue weighted by atomic mass is 16.1. The smallest absolute Gasteiger partial charge is 0.254 e. The lowest BCUT2D eigenvalue weighted by Gasteiger charge is -2.14. The minimum absolute atomic E-state index is 0.0567. The van der Waals surface area contributed by atoms with Crippen LogP contribution in [0.4, 0.5) is 5.69 Å². The fraction of sp³-hybridized carbons (Fsp3) is 0.571. The molecule has 0 unspecified atom stereocenters. The molecule has 1 rings (SSSR count). The second kappa shape index (κ2) is 6.99. The van der Waals surface area contributed by atoms with Crippen LogP contribution in [-0.4, -0.2) is 24.5 Å². The number of aryl methyl sites for hydroxylation is 1. The van der Waals surface area contributed by atoms with E-state index in [1.807, 2.05) is 20.0 Å². The zero-order valence-corrected chi connectivity index (χ0v) is 11.7. The van der Waals surface area contributed by atoms with Gasteiger partial charge in [0.25, 0.3) is 5.91 Å². The summed E-state index contributed by atoms with van der Waals surface area (Å²) in [6.45, 7) is 6.93. The summed E-state index contributed by atoms with van der Waals surface area (Å²) < 4.78 is 0. The van der Waals surface area contributed by atoms with Gasteiger partial charge in [-0.3, -0.25) is 9.78 Å². The van der Waals surface area contributed by atoms with Gasteiger partial charge in [-0.05, 0) is 18.9 Å². The standard InChI is InChI=1S/C14H23N3O/c1-5-11(6-2)8-17-14(18)12-9-16-10(3)7-13(12)15-4/h7,9,11H,5-6,8H2,1-4H3,(H,15,16)(H,17,18).